The van der Waals surface area contributed by atoms with Crippen LogP contribution in [0.15, 0.2) is 30.3 Å². The second kappa shape index (κ2) is 11.7. The molecule has 3 rings (SSSR count). The second-order valence-electron chi connectivity index (χ2n) is 8.79. The Labute approximate surface area is 201 Å². The Morgan fingerprint density at radius 2 is 1.79 bits per heavy atom. The van der Waals surface area contributed by atoms with Gasteiger partial charge in [-0.3, -0.25) is 9.59 Å². The van der Waals surface area contributed by atoms with Gasteiger partial charge in [0.25, 0.3) is 5.91 Å². The number of benzene rings is 1. The number of aromatic nitrogens is 2. The van der Waals surface area contributed by atoms with E-state index in [1.54, 1.807) is 18.7 Å². The lowest BCUT2D eigenvalue weighted by atomic mass is 10.1. The van der Waals surface area contributed by atoms with Gasteiger partial charge in [-0.1, -0.05) is 50.1 Å². The standard InChI is InChI=1S/C26H34N4O4/c1-5-6-8-13-22(31)30-15-14-29(16-18(30)2)25(32)24-23(19(3)27-20(4)28-24)26(33)34-17-21-11-9-7-10-12-21/h7,9-12,18H,5-6,8,13-17H2,1-4H3. The average molecular weight is 467 g/mol. The fourth-order valence-corrected chi connectivity index (χ4v) is 4.24. The maximum absolute atomic E-state index is 13.5. The smallest absolute Gasteiger partial charge is 0.342 e. The highest BCUT2D eigenvalue weighted by Crippen LogP contribution is 2.19. The maximum Gasteiger partial charge on any atom is 0.342 e. The van der Waals surface area contributed by atoms with Crippen molar-refractivity contribution in [1.82, 2.24) is 19.8 Å². The van der Waals surface area contributed by atoms with Gasteiger partial charge in [0.2, 0.25) is 5.91 Å². The average Bonchev–Trinajstić information content (AvgIpc) is 2.82. The summed E-state index contributed by atoms with van der Waals surface area (Å²) in [6, 6.07) is 9.25. The van der Waals surface area contributed by atoms with Crippen LogP contribution in [0.3, 0.4) is 0 Å². The van der Waals surface area contributed by atoms with Gasteiger partial charge in [-0.2, -0.15) is 0 Å². The Morgan fingerprint density at radius 3 is 2.47 bits per heavy atom. The third kappa shape index (κ3) is 6.18. The molecule has 0 saturated carbocycles. The monoisotopic (exact) mass is 466 g/mol. The molecule has 8 heteroatoms. The molecule has 1 saturated heterocycles. The molecule has 0 radical (unpaired) electrons. The van der Waals surface area contributed by atoms with Gasteiger partial charge < -0.3 is 14.5 Å². The van der Waals surface area contributed by atoms with Crippen LogP contribution in [0, 0.1) is 13.8 Å². The molecular formula is C26H34N4O4. The van der Waals surface area contributed by atoms with E-state index < -0.39 is 5.97 Å². The van der Waals surface area contributed by atoms with Crippen LogP contribution in [0.25, 0.3) is 0 Å². The number of amides is 2. The number of piperazine rings is 1. The van der Waals surface area contributed by atoms with Gasteiger partial charge in [0.1, 0.15) is 23.7 Å². The van der Waals surface area contributed by atoms with Crippen molar-refractivity contribution < 1.29 is 19.1 Å². The molecule has 34 heavy (non-hydrogen) atoms. The van der Waals surface area contributed by atoms with Gasteiger partial charge in [-0.25, -0.2) is 14.8 Å². The zero-order valence-electron chi connectivity index (χ0n) is 20.5. The van der Waals surface area contributed by atoms with Gasteiger partial charge in [0, 0.05) is 32.1 Å². The van der Waals surface area contributed by atoms with E-state index >= 15 is 0 Å². The van der Waals surface area contributed by atoms with E-state index in [1.165, 1.54) is 0 Å². The highest BCUT2D eigenvalue weighted by molar-refractivity contribution is 6.04. The number of hydrogen-bond acceptors (Lipinski definition) is 6. The number of aryl methyl sites for hydroxylation is 2. The Balaban J connectivity index is 1.73. The number of hydrogen-bond donors (Lipinski definition) is 0. The highest BCUT2D eigenvalue weighted by atomic mass is 16.5. The van der Waals surface area contributed by atoms with Crippen LogP contribution in [0.1, 0.15) is 77.5 Å². The summed E-state index contributed by atoms with van der Waals surface area (Å²) in [5.41, 5.74) is 1.41. The lowest BCUT2D eigenvalue weighted by molar-refractivity contribution is -0.135. The van der Waals surface area contributed by atoms with Crippen LogP contribution in [-0.4, -0.2) is 63.2 Å². The molecule has 0 spiro atoms. The molecule has 1 aromatic carbocycles. The first-order valence-electron chi connectivity index (χ1n) is 12.0. The van der Waals surface area contributed by atoms with Crippen molar-refractivity contribution in [1.29, 1.82) is 0 Å². The number of nitrogens with zero attached hydrogens (tertiary/aromatic N) is 4. The van der Waals surface area contributed by atoms with E-state index in [-0.39, 0.29) is 35.7 Å². The van der Waals surface area contributed by atoms with Crippen molar-refractivity contribution in [2.24, 2.45) is 0 Å². The molecule has 2 heterocycles. The molecule has 1 fully saturated rings. The van der Waals surface area contributed by atoms with Crippen LogP contribution in [0.2, 0.25) is 0 Å². The van der Waals surface area contributed by atoms with Crippen LogP contribution in [0.4, 0.5) is 0 Å². The molecule has 1 atom stereocenters. The van der Waals surface area contributed by atoms with E-state index in [1.807, 2.05) is 42.2 Å². The molecule has 1 unspecified atom stereocenters. The largest absolute Gasteiger partial charge is 0.457 e. The minimum Gasteiger partial charge on any atom is -0.457 e. The van der Waals surface area contributed by atoms with Gasteiger partial charge in [-0.15, -0.1) is 0 Å². The molecule has 1 aliphatic rings. The summed E-state index contributed by atoms with van der Waals surface area (Å²) in [5, 5.41) is 0. The topological polar surface area (TPSA) is 92.7 Å². The summed E-state index contributed by atoms with van der Waals surface area (Å²) >= 11 is 0. The fraction of sp³-hybridized carbons (Fsp3) is 0.500. The molecular weight excluding hydrogens is 432 g/mol. The number of carbonyl (C=O) groups excluding carboxylic acids is 3. The summed E-state index contributed by atoms with van der Waals surface area (Å²) in [4.78, 5) is 51.1. The fourth-order valence-electron chi connectivity index (χ4n) is 4.24. The van der Waals surface area contributed by atoms with Crippen molar-refractivity contribution in [3.05, 3.63) is 58.7 Å². The summed E-state index contributed by atoms with van der Waals surface area (Å²) in [6.45, 7) is 8.77. The maximum atomic E-state index is 13.5. The minimum absolute atomic E-state index is 0.0537. The number of carbonyl (C=O) groups is 3. The highest BCUT2D eigenvalue weighted by Gasteiger charge is 2.33. The van der Waals surface area contributed by atoms with E-state index in [9.17, 15) is 14.4 Å². The Hall–Kier alpha value is -3.29. The Kier molecular flexibility index (Phi) is 8.73. The zero-order chi connectivity index (χ0) is 24.7. The van der Waals surface area contributed by atoms with Crippen molar-refractivity contribution >= 4 is 17.8 Å². The quantitative estimate of drug-likeness (QED) is 0.435. The van der Waals surface area contributed by atoms with Crippen molar-refractivity contribution in [2.75, 3.05) is 19.6 Å². The normalized spacial score (nSPS) is 15.8. The minimum atomic E-state index is -0.623. The van der Waals surface area contributed by atoms with E-state index in [0.717, 1.165) is 24.8 Å². The van der Waals surface area contributed by atoms with Crippen LogP contribution < -0.4 is 0 Å². The number of esters is 1. The number of ether oxygens (including phenoxy) is 1. The first kappa shape index (κ1) is 25.3. The van der Waals surface area contributed by atoms with Crippen molar-refractivity contribution in [3.8, 4) is 0 Å². The third-order valence-corrected chi connectivity index (χ3v) is 6.05. The lowest BCUT2D eigenvalue weighted by Gasteiger charge is -2.40. The number of unbranched alkanes of at least 4 members (excludes halogenated alkanes) is 2. The van der Waals surface area contributed by atoms with Gasteiger partial charge in [0.05, 0.1) is 5.69 Å². The first-order chi connectivity index (χ1) is 16.3. The van der Waals surface area contributed by atoms with Crippen molar-refractivity contribution in [2.45, 2.75) is 66.0 Å². The van der Waals surface area contributed by atoms with E-state index in [2.05, 4.69) is 16.9 Å². The van der Waals surface area contributed by atoms with E-state index in [4.69, 9.17) is 4.74 Å². The van der Waals surface area contributed by atoms with Crippen molar-refractivity contribution in [3.63, 3.8) is 0 Å². The molecule has 182 valence electrons. The summed E-state index contributed by atoms with van der Waals surface area (Å²) in [5.74, 6) is -0.419. The summed E-state index contributed by atoms with van der Waals surface area (Å²) in [7, 11) is 0. The molecule has 1 aliphatic heterocycles. The Bertz CT molecular complexity index is 1020. The predicted molar refractivity (Wildman–Crippen MR) is 128 cm³/mol. The van der Waals surface area contributed by atoms with Crippen LogP contribution in [-0.2, 0) is 16.1 Å². The lowest BCUT2D eigenvalue weighted by Crippen LogP contribution is -2.55. The number of rotatable bonds is 8. The zero-order valence-corrected chi connectivity index (χ0v) is 20.5. The van der Waals surface area contributed by atoms with E-state index in [0.29, 0.717) is 37.6 Å². The van der Waals surface area contributed by atoms with Gasteiger partial charge in [0.15, 0.2) is 0 Å². The molecule has 2 amide bonds. The SMILES string of the molecule is CCCCCC(=O)N1CCN(C(=O)c2nc(C)nc(C)c2C(=O)OCc2ccccc2)CC1C. The third-order valence-electron chi connectivity index (χ3n) is 6.05. The van der Waals surface area contributed by atoms with Crippen LogP contribution >= 0.6 is 0 Å². The molecule has 0 aliphatic carbocycles. The molecule has 2 aromatic rings. The molecule has 8 nitrogen and oxygen atoms in total. The van der Waals surface area contributed by atoms with Gasteiger partial charge in [-0.05, 0) is 32.8 Å². The second-order valence-corrected chi connectivity index (χ2v) is 8.79. The molecule has 1 aromatic heterocycles. The van der Waals surface area contributed by atoms with Gasteiger partial charge >= 0.3 is 5.97 Å². The first-order valence-corrected chi connectivity index (χ1v) is 12.0. The summed E-state index contributed by atoms with van der Waals surface area (Å²) < 4.78 is 5.49. The van der Waals surface area contributed by atoms with Crippen LogP contribution in [0.5, 0.6) is 0 Å². The molecule has 0 bridgehead atoms. The predicted octanol–water partition coefficient (Wildman–Crippen LogP) is 3.70. The molecule has 0 N–H and O–H groups in total. The summed E-state index contributed by atoms with van der Waals surface area (Å²) in [6.07, 6.45) is 3.52. The Morgan fingerprint density at radius 1 is 1.06 bits per heavy atom.